The Labute approximate surface area is 128 Å². The molecular formula is C16H18N2O4. The minimum atomic E-state index is -0.577. The van der Waals surface area contributed by atoms with Crippen LogP contribution in [0.5, 0.6) is 5.75 Å². The normalized spacial score (nSPS) is 21.1. The standard InChI is InChI=1S/C16H18N2O4/c1-9(2)22-11-4-3-10-8-18(16(21)12(10)7-11)13-5-6-14(19)17-15(13)20/h3-4,7,9,13H,5-6,8H2,1-2H3,(H,17,19,20). The van der Waals surface area contributed by atoms with Crippen molar-refractivity contribution >= 4 is 17.7 Å². The molecule has 0 radical (unpaired) electrons. The van der Waals surface area contributed by atoms with Gasteiger partial charge in [0.05, 0.1) is 6.10 Å². The van der Waals surface area contributed by atoms with E-state index in [4.69, 9.17) is 4.74 Å². The number of benzene rings is 1. The first-order valence-electron chi connectivity index (χ1n) is 7.40. The van der Waals surface area contributed by atoms with Gasteiger partial charge in [-0.15, -0.1) is 0 Å². The van der Waals surface area contributed by atoms with Crippen LogP contribution >= 0.6 is 0 Å². The van der Waals surface area contributed by atoms with Gasteiger partial charge < -0.3 is 9.64 Å². The number of amides is 3. The molecule has 0 spiro atoms. The van der Waals surface area contributed by atoms with Crippen molar-refractivity contribution in [3.8, 4) is 5.75 Å². The molecule has 1 unspecified atom stereocenters. The first kappa shape index (κ1) is 14.6. The molecule has 22 heavy (non-hydrogen) atoms. The van der Waals surface area contributed by atoms with E-state index in [9.17, 15) is 14.4 Å². The number of piperidine rings is 1. The molecule has 2 aliphatic heterocycles. The summed E-state index contributed by atoms with van der Waals surface area (Å²) in [6.45, 7) is 4.23. The van der Waals surface area contributed by atoms with Gasteiger partial charge in [0.1, 0.15) is 11.8 Å². The average Bonchev–Trinajstić information content (AvgIpc) is 2.75. The van der Waals surface area contributed by atoms with E-state index >= 15 is 0 Å². The Morgan fingerprint density at radius 3 is 2.73 bits per heavy atom. The first-order valence-corrected chi connectivity index (χ1v) is 7.40. The Hall–Kier alpha value is -2.37. The SMILES string of the molecule is CC(C)Oc1ccc2c(c1)C(=O)N(C1CCC(=O)NC1=O)C2. The lowest BCUT2D eigenvalue weighted by molar-refractivity contribution is -0.136. The summed E-state index contributed by atoms with van der Waals surface area (Å²) in [7, 11) is 0. The van der Waals surface area contributed by atoms with Crippen LogP contribution in [0.15, 0.2) is 18.2 Å². The van der Waals surface area contributed by atoms with Gasteiger partial charge in [-0.1, -0.05) is 6.07 Å². The van der Waals surface area contributed by atoms with Gasteiger partial charge in [0.15, 0.2) is 0 Å². The number of carbonyl (C=O) groups excluding carboxylic acids is 3. The molecule has 6 heteroatoms. The minimum absolute atomic E-state index is 0.0285. The lowest BCUT2D eigenvalue weighted by atomic mass is 10.0. The van der Waals surface area contributed by atoms with Gasteiger partial charge in [-0.25, -0.2) is 0 Å². The van der Waals surface area contributed by atoms with Crippen molar-refractivity contribution in [2.24, 2.45) is 0 Å². The second kappa shape index (κ2) is 5.44. The van der Waals surface area contributed by atoms with Crippen molar-refractivity contribution in [2.75, 3.05) is 0 Å². The number of rotatable bonds is 3. The van der Waals surface area contributed by atoms with Crippen LogP contribution in [-0.2, 0) is 16.1 Å². The van der Waals surface area contributed by atoms with Crippen LogP contribution in [0.4, 0.5) is 0 Å². The molecular weight excluding hydrogens is 284 g/mol. The Balaban J connectivity index is 1.82. The molecule has 3 rings (SSSR count). The molecule has 1 fully saturated rings. The van der Waals surface area contributed by atoms with Crippen LogP contribution in [-0.4, -0.2) is 34.8 Å². The van der Waals surface area contributed by atoms with Crippen LogP contribution in [0.25, 0.3) is 0 Å². The summed E-state index contributed by atoms with van der Waals surface area (Å²) in [6, 6.07) is 4.84. The predicted molar refractivity (Wildman–Crippen MR) is 78.3 cm³/mol. The van der Waals surface area contributed by atoms with Crippen molar-refractivity contribution in [3.05, 3.63) is 29.3 Å². The van der Waals surface area contributed by atoms with Crippen LogP contribution < -0.4 is 10.1 Å². The molecule has 3 amide bonds. The molecule has 1 atom stereocenters. The number of hydrogen-bond acceptors (Lipinski definition) is 4. The predicted octanol–water partition coefficient (Wildman–Crippen LogP) is 1.23. The van der Waals surface area contributed by atoms with E-state index in [1.165, 1.54) is 4.90 Å². The third-order valence-corrected chi connectivity index (χ3v) is 3.87. The zero-order valence-electron chi connectivity index (χ0n) is 12.6. The largest absolute Gasteiger partial charge is 0.491 e. The highest BCUT2D eigenvalue weighted by atomic mass is 16.5. The summed E-state index contributed by atoms with van der Waals surface area (Å²) >= 11 is 0. The van der Waals surface area contributed by atoms with Crippen molar-refractivity contribution in [2.45, 2.75) is 45.4 Å². The number of carbonyl (C=O) groups is 3. The van der Waals surface area contributed by atoms with Gasteiger partial charge in [0, 0.05) is 18.5 Å². The zero-order valence-corrected chi connectivity index (χ0v) is 12.6. The Morgan fingerprint density at radius 2 is 2.05 bits per heavy atom. The molecule has 1 N–H and O–H groups in total. The highest BCUT2D eigenvalue weighted by molar-refractivity contribution is 6.05. The maximum Gasteiger partial charge on any atom is 0.255 e. The summed E-state index contributed by atoms with van der Waals surface area (Å²) in [4.78, 5) is 37.3. The van der Waals surface area contributed by atoms with Gasteiger partial charge in [-0.3, -0.25) is 19.7 Å². The van der Waals surface area contributed by atoms with E-state index in [-0.39, 0.29) is 24.3 Å². The number of ether oxygens (including phenoxy) is 1. The minimum Gasteiger partial charge on any atom is -0.491 e. The number of hydrogen-bond donors (Lipinski definition) is 1. The molecule has 1 aromatic rings. The lowest BCUT2D eigenvalue weighted by Crippen LogP contribution is -2.52. The number of fused-ring (bicyclic) bond motifs is 1. The van der Waals surface area contributed by atoms with E-state index in [1.54, 1.807) is 6.07 Å². The van der Waals surface area contributed by atoms with E-state index in [0.29, 0.717) is 24.3 Å². The van der Waals surface area contributed by atoms with E-state index in [0.717, 1.165) is 5.56 Å². The van der Waals surface area contributed by atoms with Crippen LogP contribution in [0, 0.1) is 0 Å². The third kappa shape index (κ3) is 2.56. The molecule has 0 aromatic heterocycles. The van der Waals surface area contributed by atoms with Crippen molar-refractivity contribution in [1.29, 1.82) is 0 Å². The molecule has 2 heterocycles. The lowest BCUT2D eigenvalue weighted by Gasteiger charge is -2.29. The van der Waals surface area contributed by atoms with Gasteiger partial charge in [-0.05, 0) is 38.0 Å². The highest BCUT2D eigenvalue weighted by Gasteiger charge is 2.39. The molecule has 116 valence electrons. The quantitative estimate of drug-likeness (QED) is 0.852. The number of nitrogens with zero attached hydrogens (tertiary/aromatic N) is 1. The number of imide groups is 1. The van der Waals surface area contributed by atoms with E-state index < -0.39 is 11.9 Å². The maximum atomic E-state index is 12.6. The zero-order chi connectivity index (χ0) is 15.9. The topological polar surface area (TPSA) is 75.7 Å². The van der Waals surface area contributed by atoms with Crippen molar-refractivity contribution in [1.82, 2.24) is 10.2 Å². The molecule has 6 nitrogen and oxygen atoms in total. The smallest absolute Gasteiger partial charge is 0.255 e. The Morgan fingerprint density at radius 1 is 1.27 bits per heavy atom. The summed E-state index contributed by atoms with van der Waals surface area (Å²) in [6.07, 6.45) is 0.665. The van der Waals surface area contributed by atoms with Crippen LogP contribution in [0.3, 0.4) is 0 Å². The summed E-state index contributed by atoms with van der Waals surface area (Å²) < 4.78 is 5.61. The van der Waals surface area contributed by atoms with E-state index in [2.05, 4.69) is 5.32 Å². The monoisotopic (exact) mass is 302 g/mol. The van der Waals surface area contributed by atoms with Crippen molar-refractivity contribution < 1.29 is 19.1 Å². The van der Waals surface area contributed by atoms with E-state index in [1.807, 2.05) is 26.0 Å². The van der Waals surface area contributed by atoms with Crippen LogP contribution in [0.1, 0.15) is 42.6 Å². The maximum absolute atomic E-state index is 12.6. The van der Waals surface area contributed by atoms with Gasteiger partial charge >= 0.3 is 0 Å². The second-order valence-corrected chi connectivity index (χ2v) is 5.89. The van der Waals surface area contributed by atoms with Crippen molar-refractivity contribution in [3.63, 3.8) is 0 Å². The van der Waals surface area contributed by atoms with Crippen LogP contribution in [0.2, 0.25) is 0 Å². The van der Waals surface area contributed by atoms with Gasteiger partial charge in [-0.2, -0.15) is 0 Å². The summed E-state index contributed by atoms with van der Waals surface area (Å²) in [5.41, 5.74) is 1.45. The number of nitrogens with one attached hydrogen (secondary N) is 1. The first-order chi connectivity index (χ1) is 10.5. The summed E-state index contributed by atoms with van der Waals surface area (Å²) in [5, 5.41) is 2.29. The fourth-order valence-corrected chi connectivity index (χ4v) is 2.88. The molecule has 0 saturated carbocycles. The highest BCUT2D eigenvalue weighted by Crippen LogP contribution is 2.30. The molecule has 1 aromatic carbocycles. The molecule has 2 aliphatic rings. The average molecular weight is 302 g/mol. The van der Waals surface area contributed by atoms with Gasteiger partial charge in [0.2, 0.25) is 11.8 Å². The second-order valence-electron chi connectivity index (χ2n) is 5.89. The third-order valence-electron chi connectivity index (χ3n) is 3.87. The summed E-state index contributed by atoms with van der Waals surface area (Å²) in [5.74, 6) is -0.208. The molecule has 0 bridgehead atoms. The fourth-order valence-electron chi connectivity index (χ4n) is 2.88. The fraction of sp³-hybridized carbons (Fsp3) is 0.438. The van der Waals surface area contributed by atoms with Gasteiger partial charge in [0.25, 0.3) is 5.91 Å². The Bertz CT molecular complexity index is 654. The Kier molecular flexibility index (Phi) is 3.60. The molecule has 1 saturated heterocycles. The molecule has 0 aliphatic carbocycles.